The van der Waals surface area contributed by atoms with Crippen LogP contribution in [0.2, 0.25) is 0 Å². The number of pyridine rings is 2. The van der Waals surface area contributed by atoms with E-state index in [1.54, 1.807) is 28.9 Å². The summed E-state index contributed by atoms with van der Waals surface area (Å²) in [6.45, 7) is -1.40. The second kappa shape index (κ2) is 7.90. The predicted molar refractivity (Wildman–Crippen MR) is 109 cm³/mol. The van der Waals surface area contributed by atoms with E-state index in [1.807, 2.05) is 0 Å². The van der Waals surface area contributed by atoms with E-state index >= 15 is 0 Å². The molecule has 11 heteroatoms. The molecular weight excluding hydrogens is 425 g/mol. The van der Waals surface area contributed by atoms with Crippen molar-refractivity contribution in [2.75, 3.05) is 26.3 Å². The summed E-state index contributed by atoms with van der Waals surface area (Å²) in [6, 6.07) is 6.61. The number of nitrogens with zero attached hydrogens (tertiary/aromatic N) is 6. The van der Waals surface area contributed by atoms with Gasteiger partial charge in [0.05, 0.1) is 23.8 Å². The predicted octanol–water partition coefficient (Wildman–Crippen LogP) is 3.17. The first-order valence-corrected chi connectivity index (χ1v) is 9.84. The monoisotopic (exact) mass is 446 g/mol. The SMILES string of the molecule is [2H]C1([2H])COCCN(C(=O)c2cc3c(cn2)c(-c2cnn4ccccc24)nn3CC(F)(F)F)C1. The van der Waals surface area contributed by atoms with E-state index in [1.165, 1.54) is 23.4 Å². The summed E-state index contributed by atoms with van der Waals surface area (Å²) in [5, 5.41) is 8.79. The summed E-state index contributed by atoms with van der Waals surface area (Å²) in [5.74, 6) is -0.589. The number of ether oxygens (including phenoxy) is 1. The van der Waals surface area contributed by atoms with E-state index in [9.17, 15) is 18.0 Å². The minimum Gasteiger partial charge on any atom is -0.380 e. The van der Waals surface area contributed by atoms with Crippen LogP contribution in [0.3, 0.4) is 0 Å². The van der Waals surface area contributed by atoms with Gasteiger partial charge >= 0.3 is 6.18 Å². The Morgan fingerprint density at radius 3 is 2.91 bits per heavy atom. The number of hydrogen-bond acceptors (Lipinski definition) is 5. The molecule has 1 amide bonds. The average molecular weight is 446 g/mol. The topological polar surface area (TPSA) is 77.6 Å². The number of aromatic nitrogens is 5. The average Bonchev–Trinajstić information content (AvgIpc) is 3.29. The maximum absolute atomic E-state index is 13.3. The molecule has 0 bridgehead atoms. The fourth-order valence-corrected chi connectivity index (χ4v) is 3.71. The van der Waals surface area contributed by atoms with Gasteiger partial charge in [-0.3, -0.25) is 14.5 Å². The van der Waals surface area contributed by atoms with Gasteiger partial charge in [0.1, 0.15) is 17.9 Å². The number of carbonyl (C=O) groups excluding carboxylic acids is 1. The molecule has 0 atom stereocenters. The third kappa shape index (κ3) is 3.79. The molecule has 0 radical (unpaired) electrons. The normalized spacial score (nSPS) is 17.9. The Bertz CT molecular complexity index is 1380. The summed E-state index contributed by atoms with van der Waals surface area (Å²) in [5.41, 5.74) is 1.46. The Morgan fingerprint density at radius 1 is 1.19 bits per heavy atom. The van der Waals surface area contributed by atoms with Crippen LogP contribution in [-0.4, -0.2) is 67.7 Å². The zero-order chi connectivity index (χ0) is 24.1. The number of alkyl halides is 3. The lowest BCUT2D eigenvalue weighted by Gasteiger charge is -2.19. The molecule has 4 aromatic heterocycles. The first-order valence-electron chi connectivity index (χ1n) is 10.8. The number of carbonyl (C=O) groups is 1. The van der Waals surface area contributed by atoms with Gasteiger partial charge in [-0.05, 0) is 24.6 Å². The molecule has 0 saturated carbocycles. The maximum Gasteiger partial charge on any atom is 0.408 e. The van der Waals surface area contributed by atoms with Crippen molar-refractivity contribution in [2.45, 2.75) is 19.1 Å². The highest BCUT2D eigenvalue weighted by Crippen LogP contribution is 2.32. The van der Waals surface area contributed by atoms with Crippen LogP contribution in [0.4, 0.5) is 13.2 Å². The van der Waals surface area contributed by atoms with Gasteiger partial charge in [0.15, 0.2) is 0 Å². The molecular formula is C21H19F3N6O2. The Hall–Kier alpha value is -3.47. The third-order valence-electron chi connectivity index (χ3n) is 5.17. The molecule has 1 saturated heterocycles. The van der Waals surface area contributed by atoms with Crippen LogP contribution in [0.25, 0.3) is 27.7 Å². The second-order valence-corrected chi connectivity index (χ2v) is 7.33. The lowest BCUT2D eigenvalue weighted by atomic mass is 10.1. The van der Waals surface area contributed by atoms with Gasteiger partial charge in [0.25, 0.3) is 5.91 Å². The largest absolute Gasteiger partial charge is 0.408 e. The number of amides is 1. The Balaban J connectivity index is 1.61. The van der Waals surface area contributed by atoms with E-state index in [0.717, 1.165) is 4.68 Å². The van der Waals surface area contributed by atoms with E-state index in [-0.39, 0.29) is 43.2 Å². The van der Waals surface area contributed by atoms with Crippen molar-refractivity contribution in [2.24, 2.45) is 0 Å². The standard InChI is InChI=1S/C21H19F3N6O2/c22-21(23,24)13-30-18-10-16(20(31)28-5-3-8-32-9-7-28)25-11-14(18)19(27-30)15-12-26-29-6-2-1-4-17(15)29/h1-2,4,6,10-12H,3,5,7-9,13H2/i3D2. The summed E-state index contributed by atoms with van der Waals surface area (Å²) in [6.07, 6.45) is -1.72. The van der Waals surface area contributed by atoms with Crippen LogP contribution >= 0.6 is 0 Å². The highest BCUT2D eigenvalue weighted by molar-refractivity contribution is 6.00. The molecule has 0 unspecified atom stereocenters. The quantitative estimate of drug-likeness (QED) is 0.483. The lowest BCUT2D eigenvalue weighted by molar-refractivity contribution is -0.141. The molecule has 32 heavy (non-hydrogen) atoms. The molecule has 8 nitrogen and oxygen atoms in total. The lowest BCUT2D eigenvalue weighted by Crippen LogP contribution is -2.33. The van der Waals surface area contributed by atoms with E-state index in [0.29, 0.717) is 16.5 Å². The summed E-state index contributed by atoms with van der Waals surface area (Å²) >= 11 is 0. The minimum atomic E-state index is -4.54. The molecule has 5 rings (SSSR count). The molecule has 1 aliphatic heterocycles. The van der Waals surface area contributed by atoms with E-state index in [4.69, 9.17) is 7.48 Å². The van der Waals surface area contributed by atoms with Crippen molar-refractivity contribution in [1.29, 1.82) is 0 Å². The van der Waals surface area contributed by atoms with Crippen molar-refractivity contribution in [3.63, 3.8) is 0 Å². The second-order valence-electron chi connectivity index (χ2n) is 7.33. The molecule has 4 aromatic rings. The molecule has 0 aromatic carbocycles. The summed E-state index contributed by atoms with van der Waals surface area (Å²) in [7, 11) is 0. The molecule has 0 aliphatic carbocycles. The van der Waals surface area contributed by atoms with Crippen LogP contribution in [0.1, 0.15) is 19.6 Å². The minimum absolute atomic E-state index is 0.0926. The Labute approximate surface area is 183 Å². The summed E-state index contributed by atoms with van der Waals surface area (Å²) in [4.78, 5) is 18.5. The zero-order valence-corrected chi connectivity index (χ0v) is 16.7. The first-order chi connectivity index (χ1) is 16.1. The Morgan fingerprint density at radius 2 is 2.06 bits per heavy atom. The zero-order valence-electron chi connectivity index (χ0n) is 18.7. The van der Waals surface area contributed by atoms with Gasteiger partial charge in [-0.2, -0.15) is 23.4 Å². The smallest absolute Gasteiger partial charge is 0.380 e. The van der Waals surface area contributed by atoms with Crippen molar-refractivity contribution in [3.8, 4) is 11.3 Å². The highest BCUT2D eigenvalue weighted by Gasteiger charge is 2.31. The molecule has 1 aliphatic rings. The van der Waals surface area contributed by atoms with E-state index in [2.05, 4.69) is 15.2 Å². The fourth-order valence-electron chi connectivity index (χ4n) is 3.71. The third-order valence-corrected chi connectivity index (χ3v) is 5.17. The van der Waals surface area contributed by atoms with Crippen molar-refractivity contribution >= 4 is 22.3 Å². The van der Waals surface area contributed by atoms with Gasteiger partial charge in [0, 0.05) is 45.8 Å². The summed E-state index contributed by atoms with van der Waals surface area (Å²) < 4.78 is 63.5. The highest BCUT2D eigenvalue weighted by atomic mass is 19.4. The molecule has 1 fully saturated rings. The van der Waals surface area contributed by atoms with Crippen LogP contribution < -0.4 is 0 Å². The van der Waals surface area contributed by atoms with Crippen LogP contribution in [0.15, 0.2) is 42.9 Å². The van der Waals surface area contributed by atoms with Crippen LogP contribution in [0.5, 0.6) is 0 Å². The van der Waals surface area contributed by atoms with Crippen molar-refractivity contribution in [3.05, 3.63) is 48.5 Å². The Kier molecular flexibility index (Phi) is 4.48. The number of halogens is 3. The molecule has 5 heterocycles. The first kappa shape index (κ1) is 18.1. The number of hydrogen-bond donors (Lipinski definition) is 0. The number of fused-ring (bicyclic) bond motifs is 2. The van der Waals surface area contributed by atoms with Gasteiger partial charge in [-0.15, -0.1) is 0 Å². The van der Waals surface area contributed by atoms with Gasteiger partial charge < -0.3 is 9.64 Å². The van der Waals surface area contributed by atoms with Crippen molar-refractivity contribution < 1.29 is 25.4 Å². The van der Waals surface area contributed by atoms with Gasteiger partial charge in [0.2, 0.25) is 0 Å². The molecule has 166 valence electrons. The molecule has 0 N–H and O–H groups in total. The van der Waals surface area contributed by atoms with Crippen LogP contribution in [0, 0.1) is 0 Å². The van der Waals surface area contributed by atoms with Crippen molar-refractivity contribution in [1.82, 2.24) is 29.3 Å². The van der Waals surface area contributed by atoms with E-state index < -0.39 is 25.0 Å². The van der Waals surface area contributed by atoms with Crippen LogP contribution in [-0.2, 0) is 11.3 Å². The van der Waals surface area contributed by atoms with Gasteiger partial charge in [-0.25, -0.2) is 4.52 Å². The fraction of sp³-hybridized carbons (Fsp3) is 0.333. The van der Waals surface area contributed by atoms with Gasteiger partial charge in [-0.1, -0.05) is 6.07 Å². The maximum atomic E-state index is 13.3. The molecule has 0 spiro atoms. The number of rotatable bonds is 3.